The molecule has 1 N–H and O–H groups in total. The third-order valence-corrected chi connectivity index (χ3v) is 4.32. The van der Waals surface area contributed by atoms with Gasteiger partial charge in [-0.25, -0.2) is 9.78 Å². The van der Waals surface area contributed by atoms with Crippen LogP contribution >= 0.6 is 0 Å². The minimum absolute atomic E-state index is 0.0634. The molecule has 7 heteroatoms. The van der Waals surface area contributed by atoms with Crippen molar-refractivity contribution in [2.75, 3.05) is 49.5 Å². The number of nitrogens with zero attached hydrogens (tertiary/aromatic N) is 4. The summed E-state index contributed by atoms with van der Waals surface area (Å²) in [5.74, 6) is 0.971. The maximum atomic E-state index is 12.4. The topological polar surface area (TPSA) is 68.8 Å². The standard InChI is InChI=1S/C17H27N5O2/c1-4-20(5-2)16-8-7-15(13-18-16)19-17(24)22-10-6-9-21(11-12-22)14(3)23/h7-8,13H,4-6,9-12H2,1-3H3,(H,19,24). The minimum atomic E-state index is -0.141. The van der Waals surface area contributed by atoms with E-state index in [1.165, 1.54) is 0 Å². The molecule has 3 amide bonds. The molecule has 0 aliphatic carbocycles. The summed E-state index contributed by atoms with van der Waals surface area (Å²) in [6.07, 6.45) is 2.48. The lowest BCUT2D eigenvalue weighted by Crippen LogP contribution is -2.38. The highest BCUT2D eigenvalue weighted by molar-refractivity contribution is 5.89. The first-order chi connectivity index (χ1) is 11.5. The number of carbonyl (C=O) groups is 2. The zero-order chi connectivity index (χ0) is 17.5. The van der Waals surface area contributed by atoms with Gasteiger partial charge in [-0.2, -0.15) is 0 Å². The smallest absolute Gasteiger partial charge is 0.321 e. The van der Waals surface area contributed by atoms with Crippen molar-refractivity contribution in [1.29, 1.82) is 0 Å². The van der Waals surface area contributed by atoms with E-state index < -0.39 is 0 Å². The van der Waals surface area contributed by atoms with Crippen LogP contribution in [-0.4, -0.2) is 66.0 Å². The molecular formula is C17H27N5O2. The minimum Gasteiger partial charge on any atom is -0.357 e. The van der Waals surface area contributed by atoms with Gasteiger partial charge in [0.25, 0.3) is 0 Å². The van der Waals surface area contributed by atoms with Crippen LogP contribution in [0.1, 0.15) is 27.2 Å². The van der Waals surface area contributed by atoms with Gasteiger partial charge in [0, 0.05) is 46.2 Å². The first-order valence-corrected chi connectivity index (χ1v) is 8.57. The van der Waals surface area contributed by atoms with Crippen molar-refractivity contribution < 1.29 is 9.59 Å². The lowest BCUT2D eigenvalue weighted by Gasteiger charge is -2.22. The van der Waals surface area contributed by atoms with Crippen LogP contribution in [0.15, 0.2) is 18.3 Å². The summed E-state index contributed by atoms with van der Waals surface area (Å²) in [6, 6.07) is 3.65. The Morgan fingerprint density at radius 1 is 1.12 bits per heavy atom. The van der Waals surface area contributed by atoms with Crippen molar-refractivity contribution >= 4 is 23.4 Å². The molecule has 1 saturated heterocycles. The van der Waals surface area contributed by atoms with Crippen LogP contribution in [0.4, 0.5) is 16.3 Å². The molecule has 0 aromatic carbocycles. The van der Waals surface area contributed by atoms with E-state index in [2.05, 4.69) is 29.0 Å². The molecular weight excluding hydrogens is 306 g/mol. The summed E-state index contributed by atoms with van der Waals surface area (Å²) < 4.78 is 0. The quantitative estimate of drug-likeness (QED) is 0.915. The Hall–Kier alpha value is -2.31. The van der Waals surface area contributed by atoms with Gasteiger partial charge in [-0.15, -0.1) is 0 Å². The van der Waals surface area contributed by atoms with Gasteiger partial charge >= 0.3 is 6.03 Å². The van der Waals surface area contributed by atoms with Crippen LogP contribution < -0.4 is 10.2 Å². The van der Waals surface area contributed by atoms with Gasteiger partial charge in [-0.1, -0.05) is 0 Å². The Morgan fingerprint density at radius 3 is 2.38 bits per heavy atom. The van der Waals surface area contributed by atoms with E-state index in [1.54, 1.807) is 22.9 Å². The highest BCUT2D eigenvalue weighted by atomic mass is 16.2. The van der Waals surface area contributed by atoms with Crippen molar-refractivity contribution in [2.24, 2.45) is 0 Å². The van der Waals surface area contributed by atoms with Gasteiger partial charge in [-0.3, -0.25) is 4.79 Å². The molecule has 1 aliphatic rings. The molecule has 2 heterocycles. The third-order valence-electron chi connectivity index (χ3n) is 4.32. The van der Waals surface area contributed by atoms with Gasteiger partial charge in [0.1, 0.15) is 5.82 Å². The molecule has 1 fully saturated rings. The number of hydrogen-bond acceptors (Lipinski definition) is 4. The molecule has 0 radical (unpaired) electrons. The average molecular weight is 333 g/mol. The zero-order valence-electron chi connectivity index (χ0n) is 14.8. The highest BCUT2D eigenvalue weighted by Gasteiger charge is 2.20. The molecule has 0 spiro atoms. The lowest BCUT2D eigenvalue weighted by molar-refractivity contribution is -0.128. The van der Waals surface area contributed by atoms with Crippen molar-refractivity contribution in [3.63, 3.8) is 0 Å². The summed E-state index contributed by atoms with van der Waals surface area (Å²) in [5.41, 5.74) is 0.684. The molecule has 24 heavy (non-hydrogen) atoms. The fraction of sp³-hybridized carbons (Fsp3) is 0.588. The maximum Gasteiger partial charge on any atom is 0.321 e. The van der Waals surface area contributed by atoms with Crippen molar-refractivity contribution in [3.05, 3.63) is 18.3 Å². The molecule has 0 bridgehead atoms. The molecule has 0 atom stereocenters. The summed E-state index contributed by atoms with van der Waals surface area (Å²) in [5, 5.41) is 2.89. The third kappa shape index (κ3) is 4.59. The van der Waals surface area contributed by atoms with Gasteiger partial charge in [0.2, 0.25) is 5.91 Å². The first kappa shape index (κ1) is 18.0. The number of rotatable bonds is 4. The number of urea groups is 1. The Labute approximate surface area is 143 Å². The van der Waals surface area contributed by atoms with Crippen LogP contribution in [0, 0.1) is 0 Å². The summed E-state index contributed by atoms with van der Waals surface area (Å²) in [7, 11) is 0. The zero-order valence-corrected chi connectivity index (χ0v) is 14.8. The van der Waals surface area contributed by atoms with E-state index in [1.807, 2.05) is 12.1 Å². The summed E-state index contributed by atoms with van der Waals surface area (Å²) >= 11 is 0. The molecule has 0 unspecified atom stereocenters. The number of aromatic nitrogens is 1. The van der Waals surface area contributed by atoms with Crippen LogP contribution in [0.5, 0.6) is 0 Å². The normalized spacial score (nSPS) is 15.0. The van der Waals surface area contributed by atoms with Crippen molar-refractivity contribution in [1.82, 2.24) is 14.8 Å². The number of anilines is 2. The number of amides is 3. The second-order valence-corrected chi connectivity index (χ2v) is 5.85. The van der Waals surface area contributed by atoms with Gasteiger partial charge in [0.15, 0.2) is 0 Å². The fourth-order valence-electron chi connectivity index (χ4n) is 2.83. The Balaban J connectivity index is 1.93. The van der Waals surface area contributed by atoms with E-state index in [-0.39, 0.29) is 11.9 Å². The molecule has 1 aromatic rings. The molecule has 2 rings (SSSR count). The predicted octanol–water partition coefficient (Wildman–Crippen LogP) is 2.01. The highest BCUT2D eigenvalue weighted by Crippen LogP contribution is 2.15. The number of hydrogen-bond donors (Lipinski definition) is 1. The van der Waals surface area contributed by atoms with Crippen LogP contribution in [0.25, 0.3) is 0 Å². The van der Waals surface area contributed by atoms with E-state index in [4.69, 9.17) is 0 Å². The van der Waals surface area contributed by atoms with E-state index in [9.17, 15) is 9.59 Å². The van der Waals surface area contributed by atoms with E-state index >= 15 is 0 Å². The molecule has 7 nitrogen and oxygen atoms in total. The number of pyridine rings is 1. The van der Waals surface area contributed by atoms with Crippen molar-refractivity contribution in [3.8, 4) is 0 Å². The molecule has 0 saturated carbocycles. The SMILES string of the molecule is CCN(CC)c1ccc(NC(=O)N2CCCN(C(C)=O)CC2)cn1. The van der Waals surface area contributed by atoms with Crippen LogP contribution in [-0.2, 0) is 4.79 Å². The van der Waals surface area contributed by atoms with Crippen molar-refractivity contribution in [2.45, 2.75) is 27.2 Å². The van der Waals surface area contributed by atoms with E-state index in [0.29, 0.717) is 31.9 Å². The molecule has 1 aromatic heterocycles. The Bertz CT molecular complexity index is 557. The van der Waals surface area contributed by atoms with Crippen LogP contribution in [0.3, 0.4) is 0 Å². The van der Waals surface area contributed by atoms with Gasteiger partial charge in [-0.05, 0) is 32.4 Å². The first-order valence-electron chi connectivity index (χ1n) is 8.57. The number of nitrogens with one attached hydrogen (secondary N) is 1. The fourth-order valence-corrected chi connectivity index (χ4v) is 2.83. The second-order valence-electron chi connectivity index (χ2n) is 5.85. The average Bonchev–Trinajstić information content (AvgIpc) is 2.84. The maximum absolute atomic E-state index is 12.4. The monoisotopic (exact) mass is 333 g/mol. The second kappa shape index (κ2) is 8.52. The van der Waals surface area contributed by atoms with Gasteiger partial charge < -0.3 is 20.0 Å². The van der Waals surface area contributed by atoms with E-state index in [0.717, 1.165) is 25.3 Å². The molecule has 132 valence electrons. The largest absolute Gasteiger partial charge is 0.357 e. The van der Waals surface area contributed by atoms with Gasteiger partial charge in [0.05, 0.1) is 11.9 Å². The van der Waals surface area contributed by atoms with Crippen LogP contribution in [0.2, 0.25) is 0 Å². The summed E-state index contributed by atoms with van der Waals surface area (Å²) in [6.45, 7) is 10.0. The molecule has 1 aliphatic heterocycles. The number of carbonyl (C=O) groups excluding carboxylic acids is 2. The predicted molar refractivity (Wildman–Crippen MR) is 95.3 cm³/mol. The summed E-state index contributed by atoms with van der Waals surface area (Å²) in [4.78, 5) is 33.9. The Kier molecular flexibility index (Phi) is 6.40. The lowest BCUT2D eigenvalue weighted by atomic mass is 10.3. The Morgan fingerprint density at radius 2 is 1.79 bits per heavy atom.